The molecule has 0 aliphatic carbocycles. The standard InChI is InChI=1S/C27H31N5O3S/c1-4-20-16-29-27(30-17-20)31-12-10-22(11-13-31)35-23-5-8-26(28-18-23)32-14-9-21-15-24(6-7-25(21)32)36(33,34)19(2)3/h5-9,14-19,22H,4,10-13H2,1-3H3. The Labute approximate surface area is 211 Å². The molecule has 1 fully saturated rings. The zero-order valence-electron chi connectivity index (χ0n) is 20.8. The molecule has 9 heteroatoms. The van der Waals surface area contributed by atoms with Crippen molar-refractivity contribution in [2.24, 2.45) is 0 Å². The maximum absolute atomic E-state index is 12.5. The van der Waals surface area contributed by atoms with Crippen LogP contribution in [0, 0.1) is 0 Å². The Morgan fingerprint density at radius 2 is 1.75 bits per heavy atom. The molecule has 188 valence electrons. The lowest BCUT2D eigenvalue weighted by Crippen LogP contribution is -2.39. The number of aryl methyl sites for hydroxylation is 1. The molecule has 4 heterocycles. The van der Waals surface area contributed by atoms with E-state index in [9.17, 15) is 8.42 Å². The molecular formula is C27H31N5O3S. The Balaban J connectivity index is 1.23. The third-order valence-electron chi connectivity index (χ3n) is 6.71. The molecule has 0 bridgehead atoms. The molecule has 3 aromatic heterocycles. The number of pyridine rings is 1. The second-order valence-electron chi connectivity index (χ2n) is 9.40. The first-order valence-corrected chi connectivity index (χ1v) is 13.9. The van der Waals surface area contributed by atoms with Crippen molar-refractivity contribution in [2.45, 2.75) is 56.3 Å². The quantitative estimate of drug-likeness (QED) is 0.362. The van der Waals surface area contributed by atoms with E-state index in [1.54, 1.807) is 32.2 Å². The molecule has 0 saturated carbocycles. The van der Waals surface area contributed by atoms with Crippen molar-refractivity contribution in [3.8, 4) is 11.6 Å². The minimum atomic E-state index is -3.32. The third-order valence-corrected chi connectivity index (χ3v) is 8.86. The molecule has 0 N–H and O–H groups in total. The number of nitrogens with zero attached hydrogens (tertiary/aromatic N) is 5. The number of hydrogen-bond acceptors (Lipinski definition) is 7. The second kappa shape index (κ2) is 9.89. The Morgan fingerprint density at radius 3 is 2.39 bits per heavy atom. The lowest BCUT2D eigenvalue weighted by atomic mass is 10.1. The maximum Gasteiger partial charge on any atom is 0.225 e. The van der Waals surface area contributed by atoms with Gasteiger partial charge in [0.1, 0.15) is 17.7 Å². The van der Waals surface area contributed by atoms with Crippen LogP contribution in [-0.2, 0) is 16.3 Å². The fraction of sp³-hybridized carbons (Fsp3) is 0.370. The molecule has 0 atom stereocenters. The van der Waals surface area contributed by atoms with Gasteiger partial charge in [0.2, 0.25) is 5.95 Å². The molecule has 1 aliphatic rings. The van der Waals surface area contributed by atoms with E-state index >= 15 is 0 Å². The zero-order valence-corrected chi connectivity index (χ0v) is 21.6. The van der Waals surface area contributed by atoms with E-state index in [1.807, 2.05) is 47.4 Å². The largest absolute Gasteiger partial charge is 0.489 e. The summed E-state index contributed by atoms with van der Waals surface area (Å²) in [5, 5.41) is 0.401. The molecule has 36 heavy (non-hydrogen) atoms. The van der Waals surface area contributed by atoms with E-state index in [0.717, 1.165) is 66.3 Å². The van der Waals surface area contributed by atoms with Gasteiger partial charge < -0.3 is 14.2 Å². The molecule has 0 unspecified atom stereocenters. The smallest absolute Gasteiger partial charge is 0.225 e. The van der Waals surface area contributed by atoms with Gasteiger partial charge in [-0.15, -0.1) is 0 Å². The average Bonchev–Trinajstić information content (AvgIpc) is 3.33. The van der Waals surface area contributed by atoms with Crippen molar-refractivity contribution in [2.75, 3.05) is 18.0 Å². The Bertz CT molecular complexity index is 1440. The Morgan fingerprint density at radius 1 is 1.00 bits per heavy atom. The van der Waals surface area contributed by atoms with E-state index in [0.29, 0.717) is 4.90 Å². The van der Waals surface area contributed by atoms with Crippen molar-refractivity contribution >= 4 is 26.7 Å². The summed E-state index contributed by atoms with van der Waals surface area (Å²) in [5.74, 6) is 2.27. The van der Waals surface area contributed by atoms with Gasteiger partial charge in [-0.25, -0.2) is 23.4 Å². The van der Waals surface area contributed by atoms with Gasteiger partial charge in [0, 0.05) is 49.9 Å². The average molecular weight is 506 g/mol. The summed E-state index contributed by atoms with van der Waals surface area (Å²) >= 11 is 0. The van der Waals surface area contributed by atoms with E-state index in [-0.39, 0.29) is 6.10 Å². The summed E-state index contributed by atoms with van der Waals surface area (Å²) in [6, 6.07) is 11.0. The summed E-state index contributed by atoms with van der Waals surface area (Å²) in [7, 11) is -3.32. The van der Waals surface area contributed by atoms with E-state index in [1.165, 1.54) is 0 Å². The van der Waals surface area contributed by atoms with Crippen molar-refractivity contribution in [3.05, 3.63) is 66.7 Å². The van der Waals surface area contributed by atoms with Crippen molar-refractivity contribution in [1.82, 2.24) is 19.5 Å². The molecule has 5 rings (SSSR count). The van der Waals surface area contributed by atoms with Crippen LogP contribution in [0.1, 0.15) is 39.2 Å². The fourth-order valence-electron chi connectivity index (χ4n) is 4.41. The molecule has 8 nitrogen and oxygen atoms in total. The summed E-state index contributed by atoms with van der Waals surface area (Å²) in [4.78, 5) is 16.1. The first kappa shape index (κ1) is 24.2. The predicted octanol–water partition coefficient (Wildman–Crippen LogP) is 4.61. The summed E-state index contributed by atoms with van der Waals surface area (Å²) in [6.07, 6.45) is 10.3. The van der Waals surface area contributed by atoms with Gasteiger partial charge in [-0.3, -0.25) is 0 Å². The molecule has 4 aromatic rings. The predicted molar refractivity (Wildman–Crippen MR) is 141 cm³/mol. The number of rotatable bonds is 7. The van der Waals surface area contributed by atoms with Crippen LogP contribution in [0.15, 0.2) is 66.1 Å². The summed E-state index contributed by atoms with van der Waals surface area (Å²) in [5.41, 5.74) is 2.05. The molecular weight excluding hydrogens is 474 g/mol. The SMILES string of the molecule is CCc1cnc(N2CCC(Oc3ccc(-n4ccc5cc(S(=O)(=O)C(C)C)ccc54)nc3)CC2)nc1. The van der Waals surface area contributed by atoms with Crippen LogP contribution in [0.5, 0.6) is 5.75 Å². The Hall–Kier alpha value is -3.46. The molecule has 1 saturated heterocycles. The fourth-order valence-corrected chi connectivity index (χ4v) is 5.51. The lowest BCUT2D eigenvalue weighted by Gasteiger charge is -2.32. The van der Waals surface area contributed by atoms with Gasteiger partial charge in [0.15, 0.2) is 9.84 Å². The number of anilines is 1. The van der Waals surface area contributed by atoms with Crippen LogP contribution in [0.25, 0.3) is 16.7 Å². The molecule has 1 aromatic carbocycles. The third kappa shape index (κ3) is 4.80. The van der Waals surface area contributed by atoms with Crippen LogP contribution < -0.4 is 9.64 Å². The van der Waals surface area contributed by atoms with E-state index < -0.39 is 15.1 Å². The minimum Gasteiger partial charge on any atom is -0.489 e. The molecule has 0 spiro atoms. The Kier molecular flexibility index (Phi) is 6.66. The van der Waals surface area contributed by atoms with Gasteiger partial charge in [0.25, 0.3) is 0 Å². The zero-order chi connectivity index (χ0) is 25.3. The highest BCUT2D eigenvalue weighted by atomic mass is 32.2. The van der Waals surface area contributed by atoms with Crippen LogP contribution in [0.3, 0.4) is 0 Å². The van der Waals surface area contributed by atoms with Crippen LogP contribution in [0.4, 0.5) is 5.95 Å². The second-order valence-corrected chi connectivity index (χ2v) is 11.9. The number of aromatic nitrogens is 4. The van der Waals surface area contributed by atoms with Crippen molar-refractivity contribution < 1.29 is 13.2 Å². The van der Waals surface area contributed by atoms with Gasteiger partial charge in [-0.05, 0) is 62.2 Å². The highest BCUT2D eigenvalue weighted by Crippen LogP contribution is 2.26. The first-order valence-electron chi connectivity index (χ1n) is 12.4. The highest BCUT2D eigenvalue weighted by Gasteiger charge is 2.23. The number of benzene rings is 1. The van der Waals surface area contributed by atoms with E-state index in [2.05, 4.69) is 26.8 Å². The first-order chi connectivity index (χ1) is 17.3. The summed E-state index contributed by atoms with van der Waals surface area (Å²) < 4.78 is 33.2. The van der Waals surface area contributed by atoms with Crippen molar-refractivity contribution in [3.63, 3.8) is 0 Å². The number of hydrogen-bond donors (Lipinski definition) is 0. The van der Waals surface area contributed by atoms with E-state index in [4.69, 9.17) is 4.74 Å². The number of ether oxygens (including phenoxy) is 1. The van der Waals surface area contributed by atoms with Gasteiger partial charge in [-0.1, -0.05) is 6.92 Å². The van der Waals surface area contributed by atoms with Crippen LogP contribution >= 0.6 is 0 Å². The molecule has 0 amide bonds. The number of fused-ring (bicyclic) bond motifs is 1. The van der Waals surface area contributed by atoms with Gasteiger partial charge >= 0.3 is 0 Å². The molecule has 0 radical (unpaired) electrons. The van der Waals surface area contributed by atoms with Crippen molar-refractivity contribution in [1.29, 1.82) is 0 Å². The monoisotopic (exact) mass is 505 g/mol. The minimum absolute atomic E-state index is 0.123. The molecule has 1 aliphatic heterocycles. The number of piperidine rings is 1. The van der Waals surface area contributed by atoms with Crippen LogP contribution in [0.2, 0.25) is 0 Å². The normalized spacial score (nSPS) is 15.1. The summed E-state index contributed by atoms with van der Waals surface area (Å²) in [6.45, 7) is 7.19. The lowest BCUT2D eigenvalue weighted by molar-refractivity contribution is 0.170. The highest BCUT2D eigenvalue weighted by molar-refractivity contribution is 7.92. The number of sulfone groups is 1. The topological polar surface area (TPSA) is 90.2 Å². The van der Waals surface area contributed by atoms with Gasteiger partial charge in [0.05, 0.1) is 21.9 Å². The van der Waals surface area contributed by atoms with Gasteiger partial charge in [-0.2, -0.15) is 0 Å². The maximum atomic E-state index is 12.5. The van der Waals surface area contributed by atoms with Crippen LogP contribution in [-0.4, -0.2) is 52.4 Å².